The summed E-state index contributed by atoms with van der Waals surface area (Å²) in [4.78, 5) is 22.0. The van der Waals surface area contributed by atoms with Crippen LogP contribution in [0.4, 0.5) is 5.69 Å². The molecule has 0 bridgehead atoms. The number of nitro benzene ring substituents is 1. The molecule has 0 aliphatic carbocycles. The number of hydrogen-bond donors (Lipinski definition) is 1. The van der Waals surface area contributed by atoms with Crippen molar-refractivity contribution in [3.63, 3.8) is 0 Å². The van der Waals surface area contributed by atoms with Crippen molar-refractivity contribution in [3.05, 3.63) is 69.8 Å². The first kappa shape index (κ1) is 20.1. The summed E-state index contributed by atoms with van der Waals surface area (Å²) in [5.74, 6) is 0.367. The molecule has 1 amide bonds. The molecule has 7 nitrogen and oxygen atoms in total. The largest absolute Gasteiger partial charge is 0.494 e. The molecule has 0 saturated carbocycles. The highest BCUT2D eigenvalue weighted by atomic mass is 16.6. The summed E-state index contributed by atoms with van der Waals surface area (Å²) in [6.07, 6.45) is 6.18. The zero-order valence-corrected chi connectivity index (χ0v) is 15.3. The Morgan fingerprint density at radius 1 is 1.11 bits per heavy atom. The number of carbonyl (C=O) groups is 1. The molecule has 2 aromatic rings. The minimum Gasteiger partial charge on any atom is -0.494 e. The van der Waals surface area contributed by atoms with Crippen LogP contribution in [0.2, 0.25) is 0 Å². The van der Waals surface area contributed by atoms with Crippen molar-refractivity contribution in [2.45, 2.75) is 32.6 Å². The molecule has 0 saturated heterocycles. The number of unbranched alkanes of at least 4 members (excludes halogenated alkanes) is 3. The summed E-state index contributed by atoms with van der Waals surface area (Å²) in [7, 11) is 0. The van der Waals surface area contributed by atoms with Crippen LogP contribution in [-0.4, -0.2) is 23.7 Å². The highest BCUT2D eigenvalue weighted by Crippen LogP contribution is 2.13. The quantitative estimate of drug-likeness (QED) is 0.292. The second-order valence-electron chi connectivity index (χ2n) is 5.98. The first-order chi connectivity index (χ1) is 13.1. The molecule has 142 valence electrons. The Morgan fingerprint density at radius 3 is 2.44 bits per heavy atom. The van der Waals surface area contributed by atoms with E-state index in [1.165, 1.54) is 49.7 Å². The number of nitro groups is 1. The summed E-state index contributed by atoms with van der Waals surface area (Å²) >= 11 is 0. The van der Waals surface area contributed by atoms with Crippen molar-refractivity contribution in [1.29, 1.82) is 0 Å². The van der Waals surface area contributed by atoms with Crippen molar-refractivity contribution in [3.8, 4) is 5.75 Å². The third-order valence-electron chi connectivity index (χ3n) is 3.87. The topological polar surface area (TPSA) is 93.8 Å². The van der Waals surface area contributed by atoms with Gasteiger partial charge in [-0.05, 0) is 48.4 Å². The van der Waals surface area contributed by atoms with Gasteiger partial charge in [0.25, 0.3) is 11.6 Å². The number of non-ortho nitro benzene ring substituents is 1. The molecule has 0 fully saturated rings. The summed E-state index contributed by atoms with van der Waals surface area (Å²) in [6, 6.07) is 12.7. The van der Waals surface area contributed by atoms with Gasteiger partial charge in [-0.2, -0.15) is 5.10 Å². The van der Waals surface area contributed by atoms with Crippen LogP contribution < -0.4 is 10.2 Å². The zero-order valence-electron chi connectivity index (χ0n) is 15.3. The molecular weight excluding hydrogens is 346 g/mol. The fourth-order valence-electron chi connectivity index (χ4n) is 2.33. The molecule has 0 atom stereocenters. The van der Waals surface area contributed by atoms with Crippen molar-refractivity contribution in [2.75, 3.05) is 6.61 Å². The number of hydrogen-bond acceptors (Lipinski definition) is 5. The highest BCUT2D eigenvalue weighted by Gasteiger charge is 2.08. The number of rotatable bonds is 10. The lowest BCUT2D eigenvalue weighted by Gasteiger charge is -2.06. The van der Waals surface area contributed by atoms with Crippen molar-refractivity contribution in [1.82, 2.24) is 5.43 Å². The smallest absolute Gasteiger partial charge is 0.271 e. The van der Waals surface area contributed by atoms with E-state index in [1.54, 1.807) is 0 Å². The van der Waals surface area contributed by atoms with Crippen LogP contribution in [0.1, 0.15) is 48.5 Å². The normalized spacial score (nSPS) is 10.7. The predicted molar refractivity (Wildman–Crippen MR) is 104 cm³/mol. The Kier molecular flexibility index (Phi) is 7.96. The Bertz CT molecular complexity index is 771. The number of benzene rings is 2. The standard InChI is InChI=1S/C20H23N3O4/c1-2-3-4-5-14-27-19-12-6-16(7-13-19)15-21-22-20(24)17-8-10-18(11-9-17)23(25)26/h6-13,15H,2-5,14H2,1H3,(H,22,24)/b21-15+. The monoisotopic (exact) mass is 369 g/mol. The molecule has 2 rings (SSSR count). The Morgan fingerprint density at radius 2 is 1.81 bits per heavy atom. The minimum absolute atomic E-state index is 0.0669. The Hall–Kier alpha value is -3.22. The van der Waals surface area contributed by atoms with Crippen LogP contribution in [0.15, 0.2) is 53.6 Å². The van der Waals surface area contributed by atoms with E-state index in [2.05, 4.69) is 17.5 Å². The summed E-state index contributed by atoms with van der Waals surface area (Å²) in [5.41, 5.74) is 3.44. The first-order valence-electron chi connectivity index (χ1n) is 8.91. The van der Waals surface area contributed by atoms with Gasteiger partial charge in [-0.25, -0.2) is 5.43 Å². The molecule has 2 aromatic carbocycles. The van der Waals surface area contributed by atoms with Crippen LogP contribution in [0.5, 0.6) is 5.75 Å². The van der Waals surface area contributed by atoms with E-state index in [-0.39, 0.29) is 5.69 Å². The summed E-state index contributed by atoms with van der Waals surface area (Å²) in [6.45, 7) is 2.88. The van der Waals surface area contributed by atoms with Crippen LogP contribution >= 0.6 is 0 Å². The van der Waals surface area contributed by atoms with E-state index >= 15 is 0 Å². The average molecular weight is 369 g/mol. The van der Waals surface area contributed by atoms with E-state index in [1.807, 2.05) is 24.3 Å². The summed E-state index contributed by atoms with van der Waals surface area (Å²) in [5, 5.41) is 14.5. The molecule has 0 aliphatic heterocycles. The lowest BCUT2D eigenvalue weighted by Crippen LogP contribution is -2.17. The Balaban J connectivity index is 1.79. The number of amides is 1. The maximum atomic E-state index is 11.9. The molecule has 0 spiro atoms. The second kappa shape index (κ2) is 10.7. The minimum atomic E-state index is -0.515. The average Bonchev–Trinajstić information content (AvgIpc) is 2.69. The van der Waals surface area contributed by atoms with Gasteiger partial charge in [0.05, 0.1) is 17.7 Å². The van der Waals surface area contributed by atoms with Gasteiger partial charge in [-0.1, -0.05) is 26.2 Å². The van der Waals surface area contributed by atoms with Gasteiger partial charge in [0.15, 0.2) is 0 Å². The highest BCUT2D eigenvalue weighted by molar-refractivity contribution is 5.95. The van der Waals surface area contributed by atoms with Gasteiger partial charge < -0.3 is 4.74 Å². The van der Waals surface area contributed by atoms with Crippen molar-refractivity contribution >= 4 is 17.8 Å². The van der Waals surface area contributed by atoms with Crippen LogP contribution in [0.3, 0.4) is 0 Å². The third-order valence-corrected chi connectivity index (χ3v) is 3.87. The van der Waals surface area contributed by atoms with Crippen LogP contribution in [0, 0.1) is 10.1 Å². The maximum Gasteiger partial charge on any atom is 0.271 e. The number of nitrogens with one attached hydrogen (secondary N) is 1. The van der Waals surface area contributed by atoms with Gasteiger partial charge >= 0.3 is 0 Å². The molecule has 7 heteroatoms. The number of hydrazone groups is 1. The van der Waals surface area contributed by atoms with Crippen molar-refractivity contribution in [2.24, 2.45) is 5.10 Å². The second-order valence-corrected chi connectivity index (χ2v) is 5.98. The zero-order chi connectivity index (χ0) is 19.5. The molecular formula is C20H23N3O4. The SMILES string of the molecule is CCCCCCOc1ccc(/C=N/NC(=O)c2ccc([N+](=O)[O-])cc2)cc1. The van der Waals surface area contributed by atoms with Crippen LogP contribution in [-0.2, 0) is 0 Å². The van der Waals surface area contributed by atoms with E-state index in [4.69, 9.17) is 4.74 Å². The lowest BCUT2D eigenvalue weighted by atomic mass is 10.2. The van der Waals surface area contributed by atoms with Gasteiger partial charge in [-0.3, -0.25) is 14.9 Å². The van der Waals surface area contributed by atoms with E-state index in [9.17, 15) is 14.9 Å². The van der Waals surface area contributed by atoms with Gasteiger partial charge in [0.1, 0.15) is 5.75 Å². The van der Waals surface area contributed by atoms with Gasteiger partial charge in [-0.15, -0.1) is 0 Å². The van der Waals surface area contributed by atoms with Crippen LogP contribution in [0.25, 0.3) is 0 Å². The molecule has 0 unspecified atom stereocenters. The van der Waals surface area contributed by atoms with Crippen molar-refractivity contribution < 1.29 is 14.5 Å². The van der Waals surface area contributed by atoms with E-state index in [0.29, 0.717) is 12.2 Å². The molecule has 0 aliphatic rings. The van der Waals surface area contributed by atoms with E-state index < -0.39 is 10.8 Å². The first-order valence-corrected chi connectivity index (χ1v) is 8.91. The van der Waals surface area contributed by atoms with Gasteiger partial charge in [0.2, 0.25) is 0 Å². The fraction of sp³-hybridized carbons (Fsp3) is 0.300. The van der Waals surface area contributed by atoms with E-state index in [0.717, 1.165) is 17.7 Å². The number of ether oxygens (including phenoxy) is 1. The Labute approximate surface area is 158 Å². The summed E-state index contributed by atoms with van der Waals surface area (Å²) < 4.78 is 5.67. The molecule has 0 aromatic heterocycles. The number of nitrogens with zero attached hydrogens (tertiary/aromatic N) is 2. The predicted octanol–water partition coefficient (Wildman–Crippen LogP) is 4.32. The molecule has 0 heterocycles. The molecule has 1 N–H and O–H groups in total. The third kappa shape index (κ3) is 6.89. The lowest BCUT2D eigenvalue weighted by molar-refractivity contribution is -0.384. The fourth-order valence-corrected chi connectivity index (χ4v) is 2.33. The molecule has 0 radical (unpaired) electrons. The maximum absolute atomic E-state index is 11.9. The van der Waals surface area contributed by atoms with Gasteiger partial charge in [0, 0.05) is 17.7 Å². The number of carbonyl (C=O) groups excluding carboxylic acids is 1. The molecule has 27 heavy (non-hydrogen) atoms.